The monoisotopic (exact) mass is 329 g/mol. The van der Waals surface area contributed by atoms with Gasteiger partial charge in [-0.15, -0.1) is 0 Å². The lowest BCUT2D eigenvalue weighted by Crippen LogP contribution is -2.43. The molecule has 0 aliphatic heterocycles. The Morgan fingerprint density at radius 1 is 1.21 bits per heavy atom. The first-order valence-electron chi connectivity index (χ1n) is 7.65. The Morgan fingerprint density at radius 3 is 2.50 bits per heavy atom. The lowest BCUT2D eigenvalue weighted by molar-refractivity contribution is -0.123. The first-order valence-corrected chi connectivity index (χ1v) is 7.65. The molecule has 8 heteroatoms. The van der Waals surface area contributed by atoms with E-state index >= 15 is 0 Å². The van der Waals surface area contributed by atoms with Crippen LogP contribution in [0.15, 0.2) is 30.3 Å². The first kappa shape index (κ1) is 17.6. The Bertz CT molecular complexity index is 690. The molecular formula is C16H23N7O. The number of nitrogens with two attached hydrogens (primary N) is 2. The van der Waals surface area contributed by atoms with E-state index in [-0.39, 0.29) is 11.9 Å². The summed E-state index contributed by atoms with van der Waals surface area (Å²) in [6, 6.07) is 8.55. The van der Waals surface area contributed by atoms with Crippen LogP contribution in [-0.2, 0) is 11.2 Å². The third-order valence-electron chi connectivity index (χ3n) is 3.44. The molecule has 0 bridgehead atoms. The summed E-state index contributed by atoms with van der Waals surface area (Å²) >= 11 is 0. The number of carbonyl (C=O) groups excluding carboxylic acids is 1. The molecule has 2 rings (SSSR count). The second-order valence-corrected chi connectivity index (χ2v) is 5.77. The molecule has 0 saturated heterocycles. The lowest BCUT2D eigenvalue weighted by atomic mass is 10.1. The van der Waals surface area contributed by atoms with E-state index in [9.17, 15) is 4.79 Å². The average Bonchev–Trinajstić information content (AvgIpc) is 2.55. The number of amides is 1. The summed E-state index contributed by atoms with van der Waals surface area (Å²) in [7, 11) is 3.61. The van der Waals surface area contributed by atoms with Crippen LogP contribution in [0.3, 0.4) is 0 Å². The molecule has 0 radical (unpaired) electrons. The summed E-state index contributed by atoms with van der Waals surface area (Å²) in [5, 5.41) is 2.82. The summed E-state index contributed by atoms with van der Waals surface area (Å²) in [6.45, 7) is 1.78. The van der Waals surface area contributed by atoms with Crippen molar-refractivity contribution in [3.8, 4) is 0 Å². The van der Waals surface area contributed by atoms with E-state index in [2.05, 4.69) is 20.3 Å². The first-order chi connectivity index (χ1) is 11.4. The van der Waals surface area contributed by atoms with Gasteiger partial charge in [-0.05, 0) is 18.9 Å². The molecule has 8 nitrogen and oxygen atoms in total. The number of benzene rings is 1. The summed E-state index contributed by atoms with van der Waals surface area (Å²) in [6.07, 6.45) is 0.460. The van der Waals surface area contributed by atoms with E-state index < -0.39 is 12.1 Å². The molecule has 24 heavy (non-hydrogen) atoms. The van der Waals surface area contributed by atoms with Crippen molar-refractivity contribution >= 4 is 17.8 Å². The molecular weight excluding hydrogens is 306 g/mol. The molecule has 1 amide bonds. The molecule has 0 saturated carbocycles. The lowest BCUT2D eigenvalue weighted by Gasteiger charge is -2.18. The van der Waals surface area contributed by atoms with Crippen molar-refractivity contribution in [3.63, 3.8) is 0 Å². The largest absolute Gasteiger partial charge is 0.368 e. The van der Waals surface area contributed by atoms with Crippen molar-refractivity contribution in [2.75, 3.05) is 24.7 Å². The van der Waals surface area contributed by atoms with E-state index in [4.69, 9.17) is 11.5 Å². The quantitative estimate of drug-likeness (QED) is 0.695. The van der Waals surface area contributed by atoms with Crippen LogP contribution in [0.2, 0.25) is 0 Å². The van der Waals surface area contributed by atoms with Gasteiger partial charge in [0, 0.05) is 14.1 Å². The molecule has 1 aromatic heterocycles. The van der Waals surface area contributed by atoms with Gasteiger partial charge in [0.1, 0.15) is 0 Å². The van der Waals surface area contributed by atoms with Crippen molar-refractivity contribution in [2.45, 2.75) is 25.4 Å². The van der Waals surface area contributed by atoms with Crippen molar-refractivity contribution in [1.82, 2.24) is 20.3 Å². The number of hydrogen-bond donors (Lipinski definition) is 3. The molecule has 0 aliphatic carbocycles. The van der Waals surface area contributed by atoms with Gasteiger partial charge in [-0.3, -0.25) is 4.79 Å². The van der Waals surface area contributed by atoms with Crippen molar-refractivity contribution in [3.05, 3.63) is 41.7 Å². The number of rotatable bonds is 6. The zero-order chi connectivity index (χ0) is 17.7. The standard InChI is InChI=1S/C16H23N7O/c1-10(13-20-15(18)22-16(21-13)23(2)3)19-14(24)12(17)9-11-7-5-4-6-8-11/h4-8,10,12H,9,17H2,1-3H3,(H,19,24)(H2,18,20,21,22). The van der Waals surface area contributed by atoms with Gasteiger partial charge >= 0.3 is 0 Å². The van der Waals surface area contributed by atoms with Crippen LogP contribution in [0, 0.1) is 0 Å². The van der Waals surface area contributed by atoms with Gasteiger partial charge in [0.05, 0.1) is 12.1 Å². The SMILES string of the molecule is CC(NC(=O)C(N)Cc1ccccc1)c1nc(N)nc(N(C)C)n1. The summed E-state index contributed by atoms with van der Waals surface area (Å²) in [4.78, 5) is 26.4. The maximum Gasteiger partial charge on any atom is 0.237 e. The van der Waals surface area contributed by atoms with E-state index in [0.29, 0.717) is 18.2 Å². The van der Waals surface area contributed by atoms with Gasteiger partial charge in [0.2, 0.25) is 17.8 Å². The highest BCUT2D eigenvalue weighted by Gasteiger charge is 2.19. The summed E-state index contributed by atoms with van der Waals surface area (Å²) in [5.41, 5.74) is 12.7. The van der Waals surface area contributed by atoms with E-state index in [1.54, 1.807) is 25.9 Å². The number of carbonyl (C=O) groups is 1. The molecule has 5 N–H and O–H groups in total. The van der Waals surface area contributed by atoms with E-state index in [1.807, 2.05) is 30.3 Å². The number of nitrogens with one attached hydrogen (secondary N) is 1. The average molecular weight is 329 g/mol. The van der Waals surface area contributed by atoms with Crippen LogP contribution in [0.25, 0.3) is 0 Å². The van der Waals surface area contributed by atoms with Crippen molar-refractivity contribution < 1.29 is 4.79 Å². The summed E-state index contributed by atoms with van der Waals surface area (Å²) in [5.74, 6) is 0.675. The minimum absolute atomic E-state index is 0.110. The van der Waals surface area contributed by atoms with Crippen LogP contribution < -0.4 is 21.7 Å². The maximum absolute atomic E-state index is 12.3. The minimum atomic E-state index is -0.651. The Labute approximate surface area is 141 Å². The number of anilines is 2. The Morgan fingerprint density at radius 2 is 1.88 bits per heavy atom. The highest BCUT2D eigenvalue weighted by molar-refractivity contribution is 5.82. The highest BCUT2D eigenvalue weighted by atomic mass is 16.2. The minimum Gasteiger partial charge on any atom is -0.368 e. The van der Waals surface area contributed by atoms with Crippen LogP contribution in [0.1, 0.15) is 24.4 Å². The van der Waals surface area contributed by atoms with Gasteiger partial charge in [0.15, 0.2) is 5.82 Å². The molecule has 2 atom stereocenters. The fourth-order valence-electron chi connectivity index (χ4n) is 2.14. The predicted molar refractivity (Wildman–Crippen MR) is 93.2 cm³/mol. The van der Waals surface area contributed by atoms with Crippen LogP contribution >= 0.6 is 0 Å². The number of nitrogens with zero attached hydrogens (tertiary/aromatic N) is 4. The third kappa shape index (κ3) is 4.63. The number of aromatic nitrogens is 3. The molecule has 2 unspecified atom stereocenters. The molecule has 1 heterocycles. The van der Waals surface area contributed by atoms with Crippen molar-refractivity contribution in [2.24, 2.45) is 5.73 Å². The zero-order valence-electron chi connectivity index (χ0n) is 14.1. The Balaban J connectivity index is 2.03. The second kappa shape index (κ2) is 7.69. The van der Waals surface area contributed by atoms with E-state index in [1.165, 1.54) is 0 Å². The zero-order valence-corrected chi connectivity index (χ0v) is 14.1. The molecule has 0 aliphatic rings. The Kier molecular flexibility index (Phi) is 5.64. The van der Waals surface area contributed by atoms with Crippen LogP contribution in [0.5, 0.6) is 0 Å². The normalized spacial score (nSPS) is 13.2. The van der Waals surface area contributed by atoms with Crippen molar-refractivity contribution in [1.29, 1.82) is 0 Å². The summed E-state index contributed by atoms with van der Waals surface area (Å²) < 4.78 is 0. The van der Waals surface area contributed by atoms with Gasteiger partial charge in [-0.1, -0.05) is 30.3 Å². The number of hydrogen-bond acceptors (Lipinski definition) is 7. The topological polar surface area (TPSA) is 123 Å². The fraction of sp³-hybridized carbons (Fsp3) is 0.375. The fourth-order valence-corrected chi connectivity index (χ4v) is 2.14. The second-order valence-electron chi connectivity index (χ2n) is 5.77. The predicted octanol–water partition coefficient (Wildman–Crippen LogP) is 0.267. The molecule has 128 valence electrons. The van der Waals surface area contributed by atoms with Crippen LogP contribution in [0.4, 0.5) is 11.9 Å². The van der Waals surface area contributed by atoms with E-state index in [0.717, 1.165) is 5.56 Å². The van der Waals surface area contributed by atoms with Gasteiger partial charge in [0.25, 0.3) is 0 Å². The van der Waals surface area contributed by atoms with Crippen LogP contribution in [-0.4, -0.2) is 41.0 Å². The molecule has 1 aromatic carbocycles. The molecule has 0 spiro atoms. The molecule has 0 fully saturated rings. The maximum atomic E-state index is 12.3. The smallest absolute Gasteiger partial charge is 0.237 e. The van der Waals surface area contributed by atoms with Gasteiger partial charge < -0.3 is 21.7 Å². The Hall–Kier alpha value is -2.74. The third-order valence-corrected chi connectivity index (χ3v) is 3.44. The van der Waals surface area contributed by atoms with Gasteiger partial charge in [-0.25, -0.2) is 0 Å². The van der Waals surface area contributed by atoms with Gasteiger partial charge in [-0.2, -0.15) is 15.0 Å². The number of nitrogen functional groups attached to an aromatic ring is 1. The highest BCUT2D eigenvalue weighted by Crippen LogP contribution is 2.12. The molecule has 2 aromatic rings.